The van der Waals surface area contributed by atoms with Gasteiger partial charge < -0.3 is 10.2 Å². The third-order valence-electron chi connectivity index (χ3n) is 4.58. The summed E-state index contributed by atoms with van der Waals surface area (Å²) in [6.45, 7) is 3.72. The van der Waals surface area contributed by atoms with Crippen LogP contribution in [0, 0.1) is 0 Å². The van der Waals surface area contributed by atoms with Gasteiger partial charge in [-0.05, 0) is 41.6 Å². The lowest BCUT2D eigenvalue weighted by Crippen LogP contribution is -2.62. The molecule has 120 valence electrons. The van der Waals surface area contributed by atoms with Crippen LogP contribution in [-0.4, -0.2) is 41.5 Å². The number of benzene rings is 1. The average molecular weight is 348 g/mol. The molecule has 0 saturated carbocycles. The summed E-state index contributed by atoms with van der Waals surface area (Å²) in [5.41, 5.74) is 2.20. The Kier molecular flexibility index (Phi) is 4.01. The van der Waals surface area contributed by atoms with Crippen molar-refractivity contribution in [3.63, 3.8) is 0 Å². The first-order chi connectivity index (χ1) is 11.2. The van der Waals surface area contributed by atoms with E-state index < -0.39 is 0 Å². The van der Waals surface area contributed by atoms with Crippen molar-refractivity contribution in [1.29, 1.82) is 0 Å². The quantitative estimate of drug-likeness (QED) is 0.899. The number of halogens is 1. The summed E-state index contributed by atoms with van der Waals surface area (Å²) in [7, 11) is 0. The highest BCUT2D eigenvalue weighted by molar-refractivity contribution is 7.10. The fourth-order valence-corrected chi connectivity index (χ4v) is 4.28. The molecule has 0 bridgehead atoms. The number of hydrogen-bond donors (Lipinski definition) is 1. The summed E-state index contributed by atoms with van der Waals surface area (Å²) in [6, 6.07) is 9.91. The largest absolute Gasteiger partial charge is 0.321 e. The predicted octanol–water partition coefficient (Wildman–Crippen LogP) is 3.68. The first-order valence-electron chi connectivity index (χ1n) is 7.80. The van der Waals surface area contributed by atoms with Crippen LogP contribution in [0.3, 0.4) is 0 Å². The molecule has 0 spiro atoms. The second-order valence-corrected chi connectivity index (χ2v) is 7.53. The molecule has 2 aliphatic rings. The van der Waals surface area contributed by atoms with Gasteiger partial charge in [0.15, 0.2) is 0 Å². The minimum atomic E-state index is -0.0447. The number of hydrogen-bond acceptors (Lipinski definition) is 3. The van der Waals surface area contributed by atoms with Crippen molar-refractivity contribution >= 4 is 34.7 Å². The van der Waals surface area contributed by atoms with Crippen LogP contribution in [0.25, 0.3) is 0 Å². The van der Waals surface area contributed by atoms with Crippen molar-refractivity contribution in [1.82, 2.24) is 9.80 Å². The summed E-state index contributed by atoms with van der Waals surface area (Å²) in [5.74, 6) is 0. The highest BCUT2D eigenvalue weighted by Crippen LogP contribution is 2.28. The predicted molar refractivity (Wildman–Crippen MR) is 94.3 cm³/mol. The molecule has 2 aliphatic heterocycles. The lowest BCUT2D eigenvalue weighted by atomic mass is 10.0. The Morgan fingerprint density at radius 2 is 2.17 bits per heavy atom. The molecular formula is C17H18ClN3OS. The number of fused-ring (bicyclic) bond motifs is 1. The number of nitrogens with zero attached hydrogens (tertiary/aromatic N) is 2. The van der Waals surface area contributed by atoms with Crippen molar-refractivity contribution in [2.24, 2.45) is 0 Å². The van der Waals surface area contributed by atoms with Crippen molar-refractivity contribution < 1.29 is 4.79 Å². The molecule has 6 heteroatoms. The van der Waals surface area contributed by atoms with Gasteiger partial charge in [-0.1, -0.05) is 17.7 Å². The van der Waals surface area contributed by atoms with Gasteiger partial charge in [-0.25, -0.2) is 4.79 Å². The molecule has 0 aliphatic carbocycles. The third kappa shape index (κ3) is 3.09. The lowest BCUT2D eigenvalue weighted by Gasteiger charge is -2.46. The Balaban J connectivity index is 1.30. The number of anilines is 1. The van der Waals surface area contributed by atoms with Crippen LogP contribution in [0.2, 0.25) is 5.02 Å². The van der Waals surface area contributed by atoms with Crippen LogP contribution in [0.5, 0.6) is 0 Å². The van der Waals surface area contributed by atoms with Gasteiger partial charge in [-0.15, -0.1) is 11.3 Å². The molecule has 2 aromatic rings. The molecule has 0 unspecified atom stereocenters. The van der Waals surface area contributed by atoms with Gasteiger partial charge in [0, 0.05) is 47.8 Å². The highest BCUT2D eigenvalue weighted by atomic mass is 35.5. The Hall–Kier alpha value is -1.56. The second-order valence-electron chi connectivity index (χ2n) is 6.09. The summed E-state index contributed by atoms with van der Waals surface area (Å²) in [4.78, 5) is 18.1. The smallest absolute Gasteiger partial charge is 0.321 e. The molecule has 0 radical (unpaired) electrons. The SMILES string of the molecule is O=C(Nc1cccc(Cl)c1)N1CC(N2CCc3sccc3C2)C1. The molecule has 1 N–H and O–H groups in total. The Morgan fingerprint density at radius 1 is 1.30 bits per heavy atom. The van der Waals surface area contributed by atoms with Crippen molar-refractivity contribution in [3.8, 4) is 0 Å². The summed E-state index contributed by atoms with van der Waals surface area (Å²) >= 11 is 7.80. The van der Waals surface area contributed by atoms with Gasteiger partial charge >= 0.3 is 6.03 Å². The maximum absolute atomic E-state index is 12.2. The van der Waals surface area contributed by atoms with E-state index >= 15 is 0 Å². The van der Waals surface area contributed by atoms with Gasteiger partial charge in [0.05, 0.1) is 0 Å². The van der Waals surface area contributed by atoms with E-state index in [-0.39, 0.29) is 6.03 Å². The van der Waals surface area contributed by atoms with Crippen molar-refractivity contribution in [2.45, 2.75) is 19.0 Å². The molecule has 23 heavy (non-hydrogen) atoms. The van der Waals surface area contributed by atoms with Crippen LogP contribution in [0.15, 0.2) is 35.7 Å². The minimum Gasteiger partial charge on any atom is -0.321 e. The van der Waals surface area contributed by atoms with Crippen molar-refractivity contribution in [2.75, 3.05) is 25.0 Å². The standard InChI is InChI=1S/C17H18ClN3OS/c18-13-2-1-3-14(8-13)19-17(22)21-10-15(11-21)20-6-4-16-12(9-20)5-7-23-16/h1-3,5,7-8,15H,4,6,9-11H2,(H,19,22). The monoisotopic (exact) mass is 347 g/mol. The molecule has 0 atom stereocenters. The molecule has 1 saturated heterocycles. The number of nitrogens with one attached hydrogen (secondary N) is 1. The molecule has 1 aromatic heterocycles. The zero-order valence-electron chi connectivity index (χ0n) is 12.7. The fourth-order valence-electron chi connectivity index (χ4n) is 3.20. The van der Waals surface area contributed by atoms with Gasteiger partial charge in [0.2, 0.25) is 0 Å². The molecule has 4 nitrogen and oxygen atoms in total. The minimum absolute atomic E-state index is 0.0447. The van der Waals surface area contributed by atoms with Crippen LogP contribution < -0.4 is 5.32 Å². The molecule has 4 rings (SSSR count). The lowest BCUT2D eigenvalue weighted by molar-refractivity contribution is 0.0533. The van der Waals surface area contributed by atoms with Crippen LogP contribution >= 0.6 is 22.9 Å². The van der Waals surface area contributed by atoms with E-state index in [0.717, 1.165) is 38.3 Å². The van der Waals surface area contributed by atoms with E-state index in [1.165, 1.54) is 10.4 Å². The molecule has 1 aromatic carbocycles. The van der Waals surface area contributed by atoms with Gasteiger partial charge in [-0.2, -0.15) is 0 Å². The van der Waals surface area contributed by atoms with Gasteiger partial charge in [0.25, 0.3) is 0 Å². The summed E-state index contributed by atoms with van der Waals surface area (Å²) < 4.78 is 0. The van der Waals surface area contributed by atoms with E-state index in [0.29, 0.717) is 11.1 Å². The normalized spacial score (nSPS) is 18.4. The first-order valence-corrected chi connectivity index (χ1v) is 9.05. The zero-order valence-corrected chi connectivity index (χ0v) is 14.2. The first kappa shape index (κ1) is 15.0. The van der Waals surface area contributed by atoms with E-state index in [2.05, 4.69) is 21.7 Å². The fraction of sp³-hybridized carbons (Fsp3) is 0.353. The van der Waals surface area contributed by atoms with Crippen LogP contribution in [0.4, 0.5) is 10.5 Å². The van der Waals surface area contributed by atoms with Gasteiger partial charge in [-0.3, -0.25) is 4.90 Å². The summed E-state index contributed by atoms with van der Waals surface area (Å²) in [5, 5.41) is 5.71. The number of carbonyl (C=O) groups is 1. The number of amides is 2. The number of urea groups is 1. The maximum Gasteiger partial charge on any atom is 0.321 e. The van der Waals surface area contributed by atoms with E-state index in [9.17, 15) is 4.79 Å². The van der Waals surface area contributed by atoms with Gasteiger partial charge in [0.1, 0.15) is 0 Å². The van der Waals surface area contributed by atoms with E-state index in [1.807, 2.05) is 28.4 Å². The number of thiophene rings is 1. The van der Waals surface area contributed by atoms with Crippen LogP contribution in [0.1, 0.15) is 10.4 Å². The van der Waals surface area contributed by atoms with Crippen molar-refractivity contribution in [3.05, 3.63) is 51.2 Å². The number of carbonyl (C=O) groups excluding carboxylic acids is 1. The second kappa shape index (κ2) is 6.15. The van der Waals surface area contributed by atoms with E-state index in [4.69, 9.17) is 11.6 Å². The highest BCUT2D eigenvalue weighted by Gasteiger charge is 2.36. The molecular weight excluding hydrogens is 330 g/mol. The number of likely N-dealkylation sites (tertiary alicyclic amines) is 1. The molecule has 1 fully saturated rings. The Bertz CT molecular complexity index is 726. The Labute approximate surface area is 144 Å². The average Bonchev–Trinajstić information content (AvgIpc) is 2.93. The third-order valence-corrected chi connectivity index (χ3v) is 5.84. The van der Waals surface area contributed by atoms with E-state index in [1.54, 1.807) is 12.1 Å². The summed E-state index contributed by atoms with van der Waals surface area (Å²) in [6.07, 6.45) is 1.14. The maximum atomic E-state index is 12.2. The molecule has 3 heterocycles. The number of rotatable bonds is 2. The Morgan fingerprint density at radius 3 is 3.00 bits per heavy atom. The topological polar surface area (TPSA) is 35.6 Å². The zero-order chi connectivity index (χ0) is 15.8. The molecule has 2 amide bonds. The van der Waals surface area contributed by atoms with Crippen LogP contribution in [-0.2, 0) is 13.0 Å².